The number of halogens is 1. The summed E-state index contributed by atoms with van der Waals surface area (Å²) in [4.78, 5) is 11.7. The summed E-state index contributed by atoms with van der Waals surface area (Å²) in [5, 5.41) is 2.98. The van der Waals surface area contributed by atoms with Crippen LogP contribution >= 0.6 is 12.4 Å². The molecule has 96 valence electrons. The van der Waals surface area contributed by atoms with E-state index >= 15 is 0 Å². The van der Waals surface area contributed by atoms with Crippen molar-refractivity contribution in [3.63, 3.8) is 0 Å². The highest BCUT2D eigenvalue weighted by Crippen LogP contribution is 2.32. The molecule has 0 heterocycles. The molecule has 3 nitrogen and oxygen atoms in total. The van der Waals surface area contributed by atoms with E-state index in [2.05, 4.69) is 12.2 Å². The molecule has 16 heavy (non-hydrogen) atoms. The Balaban J connectivity index is 0.00000225. The Morgan fingerprint density at radius 3 is 2.50 bits per heavy atom. The molecule has 1 aliphatic carbocycles. The number of nitrogens with two attached hydrogens (primary N) is 1. The normalized spacial score (nSPS) is 25.0. The number of rotatable bonds is 4. The maximum atomic E-state index is 11.7. The number of hydrogen-bond donors (Lipinski definition) is 2. The molecule has 0 aromatic heterocycles. The minimum absolute atomic E-state index is 0. The highest BCUT2D eigenvalue weighted by Gasteiger charge is 2.25. The van der Waals surface area contributed by atoms with Gasteiger partial charge in [-0.3, -0.25) is 4.79 Å². The molecule has 1 fully saturated rings. The van der Waals surface area contributed by atoms with Crippen LogP contribution in [0.2, 0.25) is 0 Å². The van der Waals surface area contributed by atoms with Crippen molar-refractivity contribution in [2.75, 3.05) is 6.54 Å². The summed E-state index contributed by atoms with van der Waals surface area (Å²) in [5.74, 6) is 1.54. The van der Waals surface area contributed by atoms with Gasteiger partial charge in [0.2, 0.25) is 5.91 Å². The zero-order valence-corrected chi connectivity index (χ0v) is 11.4. The first-order chi connectivity index (χ1) is 6.93. The van der Waals surface area contributed by atoms with Crippen molar-refractivity contribution >= 4 is 18.3 Å². The molecule has 2 unspecified atom stereocenters. The third kappa shape index (κ3) is 5.17. The van der Waals surface area contributed by atoms with E-state index in [9.17, 15) is 4.79 Å². The van der Waals surface area contributed by atoms with E-state index in [-0.39, 0.29) is 23.9 Å². The van der Waals surface area contributed by atoms with E-state index in [1.54, 1.807) is 0 Å². The van der Waals surface area contributed by atoms with Gasteiger partial charge >= 0.3 is 0 Å². The first-order valence-corrected chi connectivity index (χ1v) is 5.94. The van der Waals surface area contributed by atoms with Gasteiger partial charge in [0, 0.05) is 18.5 Å². The van der Waals surface area contributed by atoms with E-state index < -0.39 is 0 Å². The van der Waals surface area contributed by atoms with Crippen LogP contribution in [-0.4, -0.2) is 18.0 Å². The topological polar surface area (TPSA) is 55.1 Å². The minimum atomic E-state index is -0.263. The molecule has 1 amide bonds. The first-order valence-electron chi connectivity index (χ1n) is 5.94. The molecular weight excluding hydrogens is 224 g/mol. The second-order valence-electron chi connectivity index (χ2n) is 5.62. The fourth-order valence-corrected chi connectivity index (χ4v) is 2.25. The summed E-state index contributed by atoms with van der Waals surface area (Å²) in [7, 11) is 0. The predicted octanol–water partition coefficient (Wildman–Crippen LogP) is 2.09. The summed E-state index contributed by atoms with van der Waals surface area (Å²) >= 11 is 0. The van der Waals surface area contributed by atoms with Gasteiger partial charge in [-0.1, -0.05) is 13.3 Å². The van der Waals surface area contributed by atoms with Crippen LogP contribution in [0, 0.1) is 11.8 Å². The molecule has 2 atom stereocenters. The smallest absolute Gasteiger partial charge is 0.220 e. The second-order valence-corrected chi connectivity index (χ2v) is 5.62. The van der Waals surface area contributed by atoms with Crippen LogP contribution in [0.5, 0.6) is 0 Å². The zero-order valence-electron chi connectivity index (χ0n) is 10.6. The Bertz CT molecular complexity index is 231. The molecular formula is C12H25ClN2O. The Kier molecular flexibility index (Phi) is 6.34. The molecule has 3 N–H and O–H groups in total. The molecule has 4 heteroatoms. The van der Waals surface area contributed by atoms with Crippen molar-refractivity contribution in [1.29, 1.82) is 0 Å². The monoisotopic (exact) mass is 248 g/mol. The van der Waals surface area contributed by atoms with Crippen LogP contribution in [0.3, 0.4) is 0 Å². The van der Waals surface area contributed by atoms with E-state index in [1.807, 2.05) is 13.8 Å². The fourth-order valence-electron chi connectivity index (χ4n) is 2.25. The van der Waals surface area contributed by atoms with Crippen molar-refractivity contribution in [1.82, 2.24) is 5.32 Å². The summed E-state index contributed by atoms with van der Waals surface area (Å²) in [6, 6.07) is 0. The molecule has 1 aliphatic rings. The van der Waals surface area contributed by atoms with Gasteiger partial charge in [0.25, 0.3) is 0 Å². The van der Waals surface area contributed by atoms with E-state index in [1.165, 1.54) is 19.3 Å². The Hall–Kier alpha value is -0.280. The highest BCUT2D eigenvalue weighted by molar-refractivity contribution is 5.85. The van der Waals surface area contributed by atoms with Crippen molar-refractivity contribution in [2.24, 2.45) is 17.6 Å². The molecule has 1 rings (SSSR count). The summed E-state index contributed by atoms with van der Waals surface area (Å²) in [6.45, 7) is 6.67. The number of nitrogens with one attached hydrogen (secondary N) is 1. The molecule has 0 bridgehead atoms. The van der Waals surface area contributed by atoms with Crippen molar-refractivity contribution in [2.45, 2.75) is 52.0 Å². The lowest BCUT2D eigenvalue weighted by Crippen LogP contribution is -2.49. The molecule has 0 aromatic rings. The molecule has 0 aromatic carbocycles. The lowest BCUT2D eigenvalue weighted by atomic mass is 10.00. The minimum Gasteiger partial charge on any atom is -0.350 e. The van der Waals surface area contributed by atoms with Crippen molar-refractivity contribution in [3.05, 3.63) is 0 Å². The van der Waals surface area contributed by atoms with Crippen molar-refractivity contribution in [3.8, 4) is 0 Å². The number of carbonyl (C=O) groups is 1. The standard InChI is InChI=1S/C12H24N2O.ClH/c1-9-4-5-10(6-9)7-11(15)14-12(2,3)8-13;/h9-10H,4-8,13H2,1-3H3,(H,14,15);1H. The van der Waals surface area contributed by atoms with E-state index in [4.69, 9.17) is 5.73 Å². The van der Waals surface area contributed by atoms with E-state index in [0.717, 1.165) is 5.92 Å². The average Bonchev–Trinajstić information content (AvgIpc) is 2.50. The third-order valence-corrected chi connectivity index (χ3v) is 3.27. The predicted molar refractivity (Wildman–Crippen MR) is 69.6 cm³/mol. The second kappa shape index (κ2) is 6.45. The molecule has 0 spiro atoms. The fraction of sp³-hybridized carbons (Fsp3) is 0.917. The summed E-state index contributed by atoms with van der Waals surface area (Å²) < 4.78 is 0. The largest absolute Gasteiger partial charge is 0.350 e. The molecule has 1 saturated carbocycles. The maximum absolute atomic E-state index is 11.7. The van der Waals surface area contributed by atoms with Gasteiger partial charge in [-0.05, 0) is 38.5 Å². The van der Waals surface area contributed by atoms with Crippen LogP contribution in [0.25, 0.3) is 0 Å². The van der Waals surface area contributed by atoms with Crippen LogP contribution in [-0.2, 0) is 4.79 Å². The Morgan fingerprint density at radius 2 is 2.06 bits per heavy atom. The van der Waals surface area contributed by atoms with Gasteiger partial charge in [0.05, 0.1) is 0 Å². The van der Waals surface area contributed by atoms with Crippen LogP contribution in [0.1, 0.15) is 46.5 Å². The van der Waals surface area contributed by atoms with Gasteiger partial charge in [-0.15, -0.1) is 12.4 Å². The third-order valence-electron chi connectivity index (χ3n) is 3.27. The van der Waals surface area contributed by atoms with Gasteiger partial charge < -0.3 is 11.1 Å². The molecule has 0 saturated heterocycles. The van der Waals surface area contributed by atoms with Crippen LogP contribution in [0.15, 0.2) is 0 Å². The van der Waals surface area contributed by atoms with Crippen molar-refractivity contribution < 1.29 is 4.79 Å². The van der Waals surface area contributed by atoms with Crippen LogP contribution in [0.4, 0.5) is 0 Å². The van der Waals surface area contributed by atoms with Crippen LogP contribution < -0.4 is 11.1 Å². The summed E-state index contributed by atoms with van der Waals surface area (Å²) in [6.07, 6.45) is 4.36. The lowest BCUT2D eigenvalue weighted by molar-refractivity contribution is -0.123. The average molecular weight is 249 g/mol. The number of hydrogen-bond acceptors (Lipinski definition) is 2. The van der Waals surface area contributed by atoms with Gasteiger partial charge in [-0.25, -0.2) is 0 Å². The number of carbonyl (C=O) groups excluding carboxylic acids is 1. The van der Waals surface area contributed by atoms with Gasteiger partial charge in [0.15, 0.2) is 0 Å². The number of amides is 1. The Morgan fingerprint density at radius 1 is 1.44 bits per heavy atom. The summed E-state index contributed by atoms with van der Waals surface area (Å²) in [5.41, 5.74) is 5.31. The SMILES string of the molecule is CC1CCC(CC(=O)NC(C)(C)CN)C1.Cl. The highest BCUT2D eigenvalue weighted by atomic mass is 35.5. The Labute approximate surface area is 105 Å². The molecule has 0 radical (unpaired) electrons. The maximum Gasteiger partial charge on any atom is 0.220 e. The first kappa shape index (κ1) is 15.7. The van der Waals surface area contributed by atoms with Gasteiger partial charge in [-0.2, -0.15) is 0 Å². The van der Waals surface area contributed by atoms with E-state index in [0.29, 0.717) is 18.9 Å². The quantitative estimate of drug-likeness (QED) is 0.801. The zero-order chi connectivity index (χ0) is 11.5. The lowest BCUT2D eigenvalue weighted by Gasteiger charge is -2.25. The van der Waals surface area contributed by atoms with Gasteiger partial charge in [0.1, 0.15) is 0 Å². The molecule has 0 aliphatic heterocycles.